The highest BCUT2D eigenvalue weighted by Crippen LogP contribution is 2.36. The molecule has 0 spiro atoms. The van der Waals surface area contributed by atoms with Crippen LogP contribution >= 0.6 is 11.8 Å². The van der Waals surface area contributed by atoms with Crippen LogP contribution in [0.5, 0.6) is 0 Å². The number of rotatable bonds is 8. The van der Waals surface area contributed by atoms with Gasteiger partial charge >= 0.3 is 0 Å². The average Bonchev–Trinajstić information content (AvgIpc) is 3.19. The van der Waals surface area contributed by atoms with Gasteiger partial charge < -0.3 is 9.88 Å². The molecule has 0 saturated heterocycles. The molecule has 1 unspecified atom stereocenters. The molecule has 1 atom stereocenters. The van der Waals surface area contributed by atoms with Gasteiger partial charge in [0.15, 0.2) is 5.16 Å². The molecule has 168 valence electrons. The molecule has 0 aliphatic carbocycles. The Hall–Kier alpha value is -3.38. The highest BCUT2D eigenvalue weighted by Gasteiger charge is 2.25. The molecule has 0 fully saturated rings. The molecule has 1 amide bonds. The van der Waals surface area contributed by atoms with E-state index < -0.39 is 5.25 Å². The van der Waals surface area contributed by atoms with E-state index in [9.17, 15) is 4.79 Å². The molecule has 4 rings (SSSR count). The number of nitrogens with zero attached hydrogens (tertiary/aromatic N) is 3. The molecule has 5 nitrogen and oxygen atoms in total. The third-order valence-electron chi connectivity index (χ3n) is 5.37. The summed E-state index contributed by atoms with van der Waals surface area (Å²) in [5, 5.41) is 12.3. The van der Waals surface area contributed by atoms with Gasteiger partial charge in [0.1, 0.15) is 11.1 Å². The summed E-state index contributed by atoms with van der Waals surface area (Å²) in [4.78, 5) is 13.4. The summed E-state index contributed by atoms with van der Waals surface area (Å²) in [6.07, 6.45) is 0.701. The molecule has 0 aliphatic heterocycles. The number of amides is 1. The molecular weight excluding hydrogens is 428 g/mol. The summed E-state index contributed by atoms with van der Waals surface area (Å²) in [7, 11) is 0. The fourth-order valence-corrected chi connectivity index (χ4v) is 5.01. The van der Waals surface area contributed by atoms with Crippen LogP contribution in [0, 0.1) is 13.8 Å². The maximum absolute atomic E-state index is 13.4. The molecule has 6 heteroatoms. The molecule has 0 radical (unpaired) electrons. The smallest absolute Gasteiger partial charge is 0.242 e. The zero-order valence-corrected chi connectivity index (χ0v) is 20.0. The van der Waals surface area contributed by atoms with Crippen molar-refractivity contribution in [2.24, 2.45) is 0 Å². The highest BCUT2D eigenvalue weighted by molar-refractivity contribution is 8.00. The van der Waals surface area contributed by atoms with E-state index in [4.69, 9.17) is 0 Å². The Bertz CT molecular complexity index is 1200. The van der Waals surface area contributed by atoms with Crippen LogP contribution in [-0.2, 0) is 17.8 Å². The van der Waals surface area contributed by atoms with Crippen molar-refractivity contribution in [2.75, 3.05) is 5.32 Å². The predicted molar refractivity (Wildman–Crippen MR) is 135 cm³/mol. The van der Waals surface area contributed by atoms with E-state index in [1.807, 2.05) is 74.5 Å². The van der Waals surface area contributed by atoms with Crippen LogP contribution in [0.25, 0.3) is 0 Å². The second-order valence-corrected chi connectivity index (χ2v) is 9.15. The zero-order valence-electron chi connectivity index (χ0n) is 19.2. The largest absolute Gasteiger partial charge is 0.325 e. The lowest BCUT2D eigenvalue weighted by molar-refractivity contribution is -0.115. The fraction of sp³-hybridized carbons (Fsp3) is 0.222. The molecule has 1 heterocycles. The monoisotopic (exact) mass is 456 g/mol. The number of hydrogen-bond acceptors (Lipinski definition) is 4. The van der Waals surface area contributed by atoms with Gasteiger partial charge in [-0.2, -0.15) is 0 Å². The summed E-state index contributed by atoms with van der Waals surface area (Å²) < 4.78 is 2.09. The first-order valence-electron chi connectivity index (χ1n) is 11.1. The Labute approximate surface area is 199 Å². The average molecular weight is 457 g/mol. The van der Waals surface area contributed by atoms with E-state index in [0.717, 1.165) is 39.9 Å². The Morgan fingerprint density at radius 1 is 0.939 bits per heavy atom. The zero-order chi connectivity index (χ0) is 23.2. The van der Waals surface area contributed by atoms with Gasteiger partial charge in [-0.3, -0.25) is 4.79 Å². The molecule has 0 bridgehead atoms. The lowest BCUT2D eigenvalue weighted by Crippen LogP contribution is -2.20. The molecule has 0 aliphatic rings. The summed E-state index contributed by atoms with van der Waals surface area (Å²) >= 11 is 1.44. The van der Waals surface area contributed by atoms with E-state index in [-0.39, 0.29) is 5.91 Å². The van der Waals surface area contributed by atoms with E-state index in [1.54, 1.807) is 0 Å². The number of carbonyl (C=O) groups excluding carboxylic acids is 1. The van der Waals surface area contributed by atoms with Crippen molar-refractivity contribution in [1.29, 1.82) is 0 Å². The molecule has 3 aromatic carbocycles. The fourth-order valence-electron chi connectivity index (χ4n) is 3.89. The molecule has 33 heavy (non-hydrogen) atoms. The lowest BCUT2D eigenvalue weighted by Gasteiger charge is -2.18. The minimum atomic E-state index is -0.453. The van der Waals surface area contributed by atoms with Gasteiger partial charge in [0.2, 0.25) is 5.91 Å². The Balaban J connectivity index is 1.61. The first-order valence-corrected chi connectivity index (χ1v) is 12.0. The Morgan fingerprint density at radius 3 is 2.21 bits per heavy atom. The van der Waals surface area contributed by atoms with Gasteiger partial charge in [-0.25, -0.2) is 0 Å². The van der Waals surface area contributed by atoms with E-state index >= 15 is 0 Å². The van der Waals surface area contributed by atoms with Crippen molar-refractivity contribution in [2.45, 2.75) is 44.1 Å². The van der Waals surface area contributed by atoms with Crippen molar-refractivity contribution in [1.82, 2.24) is 14.8 Å². The maximum atomic E-state index is 13.4. The standard InChI is InChI=1S/C27H28N4OS/c1-4-31-24(18-21-11-7-5-8-12-21)29-30-27(31)33-25(22-13-9-6-10-14-22)26(32)28-23-16-19(2)15-20(3)17-23/h5-17,25H,4,18H2,1-3H3,(H,28,32). The third kappa shape index (κ3) is 5.71. The molecule has 1 N–H and O–H groups in total. The van der Waals surface area contributed by atoms with Gasteiger partial charge in [-0.1, -0.05) is 78.5 Å². The van der Waals surface area contributed by atoms with Crippen LogP contribution in [0.3, 0.4) is 0 Å². The maximum Gasteiger partial charge on any atom is 0.242 e. The number of aryl methyl sites for hydroxylation is 2. The van der Waals surface area contributed by atoms with Crippen molar-refractivity contribution in [3.05, 3.63) is 107 Å². The van der Waals surface area contributed by atoms with Gasteiger partial charge in [-0.05, 0) is 55.2 Å². The second kappa shape index (κ2) is 10.5. The predicted octanol–water partition coefficient (Wildman–Crippen LogP) is 5.98. The number of nitrogens with one attached hydrogen (secondary N) is 1. The third-order valence-corrected chi connectivity index (χ3v) is 6.60. The number of thioether (sulfide) groups is 1. The van der Waals surface area contributed by atoms with Gasteiger partial charge in [0.25, 0.3) is 0 Å². The van der Waals surface area contributed by atoms with Crippen LogP contribution in [0.2, 0.25) is 0 Å². The Morgan fingerprint density at radius 2 is 1.58 bits per heavy atom. The second-order valence-electron chi connectivity index (χ2n) is 8.08. The van der Waals surface area contributed by atoms with E-state index in [2.05, 4.69) is 45.2 Å². The summed E-state index contributed by atoms with van der Waals surface area (Å²) in [5.74, 6) is 0.819. The van der Waals surface area contributed by atoms with Gasteiger partial charge in [0, 0.05) is 18.7 Å². The number of hydrogen-bond donors (Lipinski definition) is 1. The normalized spacial score (nSPS) is 11.8. The number of aromatic nitrogens is 3. The minimum absolute atomic E-state index is 0.0773. The topological polar surface area (TPSA) is 59.8 Å². The highest BCUT2D eigenvalue weighted by atomic mass is 32.2. The van der Waals surface area contributed by atoms with Crippen molar-refractivity contribution < 1.29 is 4.79 Å². The van der Waals surface area contributed by atoms with E-state index in [1.165, 1.54) is 17.3 Å². The molecular formula is C27H28N4OS. The molecule has 4 aromatic rings. The lowest BCUT2D eigenvalue weighted by atomic mass is 10.1. The van der Waals surface area contributed by atoms with Crippen LogP contribution in [0.4, 0.5) is 5.69 Å². The Kier molecular flexibility index (Phi) is 7.25. The summed E-state index contributed by atoms with van der Waals surface area (Å²) in [5.41, 5.74) is 5.15. The molecule has 1 aromatic heterocycles. The minimum Gasteiger partial charge on any atom is -0.325 e. The van der Waals surface area contributed by atoms with Crippen molar-refractivity contribution in [3.8, 4) is 0 Å². The summed E-state index contributed by atoms with van der Waals surface area (Å²) in [6, 6.07) is 26.2. The first-order chi connectivity index (χ1) is 16.0. The van der Waals surface area contributed by atoms with E-state index in [0.29, 0.717) is 6.42 Å². The quantitative estimate of drug-likeness (QED) is 0.332. The van der Waals surface area contributed by atoms with Crippen LogP contribution in [-0.4, -0.2) is 20.7 Å². The number of carbonyl (C=O) groups is 1. The SMILES string of the molecule is CCn1c(Cc2ccccc2)nnc1SC(C(=O)Nc1cc(C)cc(C)c1)c1ccccc1. The van der Waals surface area contributed by atoms with Crippen molar-refractivity contribution in [3.63, 3.8) is 0 Å². The number of anilines is 1. The van der Waals surface area contributed by atoms with Crippen LogP contribution < -0.4 is 5.32 Å². The van der Waals surface area contributed by atoms with Gasteiger partial charge in [-0.15, -0.1) is 10.2 Å². The summed E-state index contributed by atoms with van der Waals surface area (Å²) in [6.45, 7) is 6.88. The van der Waals surface area contributed by atoms with Crippen LogP contribution in [0.1, 0.15) is 40.3 Å². The van der Waals surface area contributed by atoms with Crippen LogP contribution in [0.15, 0.2) is 84.0 Å². The number of benzene rings is 3. The first kappa shape index (κ1) is 22.8. The van der Waals surface area contributed by atoms with Gasteiger partial charge in [0.05, 0.1) is 0 Å². The van der Waals surface area contributed by atoms with Crippen molar-refractivity contribution >= 4 is 23.4 Å². The molecule has 0 saturated carbocycles.